The third-order valence-electron chi connectivity index (χ3n) is 2.14. The van der Waals surface area contributed by atoms with Crippen molar-refractivity contribution in [3.63, 3.8) is 0 Å². The molecule has 0 bridgehead atoms. The van der Waals surface area contributed by atoms with Crippen LogP contribution in [0, 0.1) is 0 Å². The molecule has 0 amide bonds. The lowest BCUT2D eigenvalue weighted by atomic mass is 10.2. The topological polar surface area (TPSA) is 38.1 Å². The first kappa shape index (κ1) is 7.80. The summed E-state index contributed by atoms with van der Waals surface area (Å²) >= 11 is 0. The largest absolute Gasteiger partial charge is 0.364 e. The highest BCUT2D eigenvalue weighted by molar-refractivity contribution is 4.99. The quantitative estimate of drug-likeness (QED) is 0.671. The Kier molecular flexibility index (Phi) is 2.42. The van der Waals surface area contributed by atoms with Crippen LogP contribution in [0.1, 0.15) is 24.8 Å². The molecule has 1 heterocycles. The van der Waals surface area contributed by atoms with Crippen molar-refractivity contribution < 1.29 is 4.52 Å². The van der Waals surface area contributed by atoms with Crippen LogP contribution < -0.4 is 5.32 Å². The van der Waals surface area contributed by atoms with Crippen molar-refractivity contribution in [1.82, 2.24) is 10.5 Å². The zero-order valence-electron chi connectivity index (χ0n) is 7.12. The van der Waals surface area contributed by atoms with Gasteiger partial charge in [0.05, 0.1) is 6.20 Å². The van der Waals surface area contributed by atoms with E-state index in [-0.39, 0.29) is 0 Å². The van der Waals surface area contributed by atoms with E-state index in [1.54, 1.807) is 12.5 Å². The Bertz CT molecular complexity index is 216. The van der Waals surface area contributed by atoms with E-state index in [0.29, 0.717) is 0 Å². The molecule has 1 aromatic rings. The van der Waals surface area contributed by atoms with E-state index in [1.807, 2.05) is 0 Å². The predicted octanol–water partition coefficient (Wildman–Crippen LogP) is 1.36. The monoisotopic (exact) mass is 166 g/mol. The van der Waals surface area contributed by atoms with Gasteiger partial charge in [0, 0.05) is 11.6 Å². The van der Waals surface area contributed by atoms with E-state index in [4.69, 9.17) is 4.52 Å². The van der Waals surface area contributed by atoms with Gasteiger partial charge in [-0.05, 0) is 32.2 Å². The van der Waals surface area contributed by atoms with E-state index in [0.717, 1.165) is 19.0 Å². The summed E-state index contributed by atoms with van der Waals surface area (Å²) < 4.78 is 4.73. The van der Waals surface area contributed by atoms with Crippen LogP contribution in [-0.2, 0) is 6.42 Å². The minimum atomic E-state index is 0.826. The molecule has 0 saturated heterocycles. The number of aromatic nitrogens is 1. The average molecular weight is 166 g/mol. The fraction of sp³-hybridized carbons (Fsp3) is 0.667. The summed E-state index contributed by atoms with van der Waals surface area (Å²) in [4.78, 5) is 0. The molecule has 12 heavy (non-hydrogen) atoms. The van der Waals surface area contributed by atoms with Crippen molar-refractivity contribution >= 4 is 0 Å². The summed E-state index contributed by atoms with van der Waals surface area (Å²) in [5, 5.41) is 7.12. The molecule has 3 nitrogen and oxygen atoms in total. The smallest absolute Gasteiger partial charge is 0.126 e. The molecule has 0 atom stereocenters. The Morgan fingerprint density at radius 1 is 1.58 bits per heavy atom. The molecule has 3 heteroatoms. The van der Waals surface area contributed by atoms with Crippen molar-refractivity contribution in [1.29, 1.82) is 0 Å². The molecular weight excluding hydrogens is 152 g/mol. The number of aryl methyl sites for hydroxylation is 1. The molecular formula is C9H14N2O. The SMILES string of the molecule is c1nocc1CCCNC1CC1. The molecule has 1 N–H and O–H groups in total. The average Bonchev–Trinajstić information content (AvgIpc) is 2.76. The zero-order valence-corrected chi connectivity index (χ0v) is 7.12. The Morgan fingerprint density at radius 3 is 3.17 bits per heavy atom. The first-order valence-corrected chi connectivity index (χ1v) is 4.57. The zero-order chi connectivity index (χ0) is 8.23. The molecule has 1 saturated carbocycles. The normalized spacial score (nSPS) is 16.7. The van der Waals surface area contributed by atoms with Gasteiger partial charge >= 0.3 is 0 Å². The molecule has 0 aromatic carbocycles. The number of nitrogens with one attached hydrogen (secondary N) is 1. The predicted molar refractivity (Wildman–Crippen MR) is 45.8 cm³/mol. The second kappa shape index (κ2) is 3.72. The van der Waals surface area contributed by atoms with Gasteiger partial charge in [0.1, 0.15) is 6.26 Å². The standard InChI is InChI=1S/C9H14N2O/c1(5-10-9-3-4-9)2-8-6-11-12-7-8/h6-7,9-10H,1-5H2. The molecule has 0 spiro atoms. The fourth-order valence-electron chi connectivity index (χ4n) is 1.24. The first-order chi connectivity index (χ1) is 5.95. The van der Waals surface area contributed by atoms with Crippen LogP contribution in [0.3, 0.4) is 0 Å². The van der Waals surface area contributed by atoms with Crippen LogP contribution in [0.4, 0.5) is 0 Å². The number of hydrogen-bond donors (Lipinski definition) is 1. The van der Waals surface area contributed by atoms with Gasteiger partial charge in [0.2, 0.25) is 0 Å². The molecule has 0 aliphatic heterocycles. The van der Waals surface area contributed by atoms with Gasteiger partial charge in [0.15, 0.2) is 0 Å². The Hall–Kier alpha value is -0.830. The maximum Gasteiger partial charge on any atom is 0.126 e. The maximum absolute atomic E-state index is 4.73. The lowest BCUT2D eigenvalue weighted by Crippen LogP contribution is -2.17. The summed E-state index contributed by atoms with van der Waals surface area (Å²) in [5.74, 6) is 0. The molecule has 1 aromatic heterocycles. The summed E-state index contributed by atoms with van der Waals surface area (Å²) in [6.45, 7) is 1.12. The second-order valence-corrected chi connectivity index (χ2v) is 3.36. The minimum absolute atomic E-state index is 0.826. The fourth-order valence-corrected chi connectivity index (χ4v) is 1.24. The van der Waals surface area contributed by atoms with Crippen LogP contribution >= 0.6 is 0 Å². The maximum atomic E-state index is 4.73. The summed E-state index contributed by atoms with van der Waals surface area (Å²) in [6.07, 6.45) is 8.50. The second-order valence-electron chi connectivity index (χ2n) is 3.36. The van der Waals surface area contributed by atoms with Crippen LogP contribution in [0.15, 0.2) is 17.0 Å². The van der Waals surface area contributed by atoms with Gasteiger partial charge in [-0.1, -0.05) is 5.16 Å². The number of nitrogens with zero attached hydrogens (tertiary/aromatic N) is 1. The van der Waals surface area contributed by atoms with Gasteiger partial charge < -0.3 is 9.84 Å². The van der Waals surface area contributed by atoms with Crippen LogP contribution in [0.5, 0.6) is 0 Å². The lowest BCUT2D eigenvalue weighted by molar-refractivity contribution is 0.418. The van der Waals surface area contributed by atoms with Crippen LogP contribution in [0.2, 0.25) is 0 Å². The highest BCUT2D eigenvalue weighted by atomic mass is 16.5. The van der Waals surface area contributed by atoms with Crippen molar-refractivity contribution in [3.8, 4) is 0 Å². The molecule has 2 rings (SSSR count). The van der Waals surface area contributed by atoms with Crippen LogP contribution in [-0.4, -0.2) is 17.7 Å². The molecule has 66 valence electrons. The third-order valence-corrected chi connectivity index (χ3v) is 2.14. The van der Waals surface area contributed by atoms with Gasteiger partial charge in [-0.3, -0.25) is 0 Å². The molecule has 0 radical (unpaired) electrons. The Morgan fingerprint density at radius 2 is 2.50 bits per heavy atom. The Balaban J connectivity index is 1.56. The van der Waals surface area contributed by atoms with Crippen LogP contribution in [0.25, 0.3) is 0 Å². The summed E-state index contributed by atoms with van der Waals surface area (Å²) in [7, 11) is 0. The van der Waals surface area contributed by atoms with Gasteiger partial charge in [0.25, 0.3) is 0 Å². The van der Waals surface area contributed by atoms with Crippen molar-refractivity contribution in [3.05, 3.63) is 18.0 Å². The van der Waals surface area contributed by atoms with Crippen molar-refractivity contribution in [2.45, 2.75) is 31.7 Å². The highest BCUT2D eigenvalue weighted by Gasteiger charge is 2.19. The molecule has 1 aliphatic carbocycles. The summed E-state index contributed by atoms with van der Waals surface area (Å²) in [5.41, 5.74) is 1.20. The number of rotatable bonds is 5. The highest BCUT2D eigenvalue weighted by Crippen LogP contribution is 2.18. The molecule has 1 fully saturated rings. The molecule has 0 unspecified atom stereocenters. The van der Waals surface area contributed by atoms with Crippen molar-refractivity contribution in [2.24, 2.45) is 0 Å². The van der Waals surface area contributed by atoms with E-state index in [9.17, 15) is 0 Å². The minimum Gasteiger partial charge on any atom is -0.364 e. The van der Waals surface area contributed by atoms with E-state index in [2.05, 4.69) is 10.5 Å². The van der Waals surface area contributed by atoms with E-state index >= 15 is 0 Å². The van der Waals surface area contributed by atoms with E-state index in [1.165, 1.54) is 24.8 Å². The lowest BCUT2D eigenvalue weighted by Gasteiger charge is -1.99. The first-order valence-electron chi connectivity index (χ1n) is 4.57. The van der Waals surface area contributed by atoms with E-state index < -0.39 is 0 Å². The third kappa shape index (κ3) is 2.34. The Labute approximate surface area is 72.1 Å². The summed E-state index contributed by atoms with van der Waals surface area (Å²) in [6, 6.07) is 0.826. The van der Waals surface area contributed by atoms with Crippen molar-refractivity contribution in [2.75, 3.05) is 6.54 Å². The van der Waals surface area contributed by atoms with Gasteiger partial charge in [-0.15, -0.1) is 0 Å². The van der Waals surface area contributed by atoms with Gasteiger partial charge in [-0.25, -0.2) is 0 Å². The number of hydrogen-bond acceptors (Lipinski definition) is 3. The molecule has 1 aliphatic rings. The van der Waals surface area contributed by atoms with Gasteiger partial charge in [-0.2, -0.15) is 0 Å².